The minimum atomic E-state index is -0.899. The minimum absolute atomic E-state index is 0.119. The van der Waals surface area contributed by atoms with Crippen LogP contribution in [0.2, 0.25) is 0 Å². The van der Waals surface area contributed by atoms with Crippen molar-refractivity contribution < 1.29 is 14.4 Å². The van der Waals surface area contributed by atoms with Gasteiger partial charge in [-0.2, -0.15) is 0 Å². The molecule has 4 fully saturated rings. The van der Waals surface area contributed by atoms with Crippen LogP contribution in [0.3, 0.4) is 0 Å². The Labute approximate surface area is 155 Å². The maximum Gasteiger partial charge on any atom is 0.349 e. The van der Waals surface area contributed by atoms with E-state index >= 15 is 0 Å². The van der Waals surface area contributed by atoms with E-state index in [-0.39, 0.29) is 11.2 Å². The van der Waals surface area contributed by atoms with E-state index in [1.807, 2.05) is 25.1 Å². The molecule has 0 radical (unpaired) electrons. The topological polar surface area (TPSA) is 55.7 Å². The SMILES string of the molecule is CC(=O)C(C(=O)O/N=C(\C)C12CC3CC(CC(C3)C1)C2)c1ccccc1. The number of rotatable bonds is 5. The van der Waals surface area contributed by atoms with Crippen LogP contribution in [0.15, 0.2) is 35.5 Å². The molecular formula is C22H27NO3. The summed E-state index contributed by atoms with van der Waals surface area (Å²) in [6, 6.07) is 9.07. The molecule has 0 spiro atoms. The highest BCUT2D eigenvalue weighted by Crippen LogP contribution is 2.60. The lowest BCUT2D eigenvalue weighted by atomic mass is 9.48. The number of carbonyl (C=O) groups is 2. The van der Waals surface area contributed by atoms with Crippen LogP contribution in [-0.2, 0) is 14.4 Å². The number of carbonyl (C=O) groups excluding carboxylic acids is 2. The highest BCUT2D eigenvalue weighted by atomic mass is 16.7. The van der Waals surface area contributed by atoms with Crippen molar-refractivity contribution in [1.82, 2.24) is 0 Å². The van der Waals surface area contributed by atoms with Gasteiger partial charge in [-0.15, -0.1) is 0 Å². The predicted molar refractivity (Wildman–Crippen MR) is 99.7 cm³/mol. The molecule has 4 aliphatic carbocycles. The van der Waals surface area contributed by atoms with E-state index in [0.717, 1.165) is 23.5 Å². The zero-order chi connectivity index (χ0) is 18.3. The standard InChI is InChI=1S/C22H27NO3/c1-14(24)20(19-6-4-3-5-7-19)21(25)26-23-15(2)22-11-16-8-17(12-22)10-18(9-16)13-22/h3-7,16-18,20H,8-13H2,1-2H3/b23-15+. The zero-order valence-corrected chi connectivity index (χ0v) is 15.6. The largest absolute Gasteiger partial charge is 0.349 e. The summed E-state index contributed by atoms with van der Waals surface area (Å²) < 4.78 is 0. The first-order chi connectivity index (χ1) is 12.5. The van der Waals surface area contributed by atoms with Crippen LogP contribution < -0.4 is 0 Å². The van der Waals surface area contributed by atoms with Crippen LogP contribution in [0, 0.1) is 23.2 Å². The molecule has 4 heteroatoms. The highest BCUT2D eigenvalue weighted by molar-refractivity contribution is 6.03. The zero-order valence-electron chi connectivity index (χ0n) is 15.6. The molecule has 26 heavy (non-hydrogen) atoms. The molecule has 4 aliphatic rings. The number of Topliss-reactive ketones (excluding diaryl/α,β-unsaturated/α-hetero) is 1. The van der Waals surface area contributed by atoms with Crippen molar-refractivity contribution in [3.05, 3.63) is 35.9 Å². The fourth-order valence-electron chi connectivity index (χ4n) is 6.00. The molecule has 138 valence electrons. The first-order valence-corrected chi connectivity index (χ1v) is 9.78. The van der Waals surface area contributed by atoms with Crippen molar-refractivity contribution in [3.8, 4) is 0 Å². The monoisotopic (exact) mass is 353 g/mol. The van der Waals surface area contributed by atoms with E-state index in [4.69, 9.17) is 4.84 Å². The molecule has 0 aliphatic heterocycles. The van der Waals surface area contributed by atoms with Gasteiger partial charge < -0.3 is 4.84 Å². The summed E-state index contributed by atoms with van der Waals surface area (Å²) in [5, 5.41) is 4.26. The normalized spacial score (nSPS) is 33.8. The summed E-state index contributed by atoms with van der Waals surface area (Å²) in [6.45, 7) is 3.43. The quantitative estimate of drug-likeness (QED) is 0.339. The summed E-state index contributed by atoms with van der Waals surface area (Å²) in [7, 11) is 0. The van der Waals surface area contributed by atoms with Gasteiger partial charge >= 0.3 is 5.97 Å². The second kappa shape index (κ2) is 6.64. The van der Waals surface area contributed by atoms with Crippen LogP contribution in [0.4, 0.5) is 0 Å². The predicted octanol–water partition coefficient (Wildman–Crippen LogP) is 4.49. The van der Waals surface area contributed by atoms with Crippen molar-refractivity contribution in [2.45, 2.75) is 58.3 Å². The van der Waals surface area contributed by atoms with Crippen molar-refractivity contribution >= 4 is 17.5 Å². The third kappa shape index (κ3) is 3.10. The fraction of sp³-hybridized carbons (Fsp3) is 0.591. The van der Waals surface area contributed by atoms with Gasteiger partial charge in [-0.1, -0.05) is 35.5 Å². The summed E-state index contributed by atoms with van der Waals surface area (Å²) in [6.07, 6.45) is 7.65. The highest BCUT2D eigenvalue weighted by Gasteiger charge is 2.52. The van der Waals surface area contributed by atoms with E-state index in [1.165, 1.54) is 45.4 Å². The van der Waals surface area contributed by atoms with Gasteiger partial charge in [0.15, 0.2) is 0 Å². The fourth-order valence-corrected chi connectivity index (χ4v) is 6.00. The molecule has 1 aromatic rings. The van der Waals surface area contributed by atoms with Gasteiger partial charge in [0.2, 0.25) is 0 Å². The molecular weight excluding hydrogens is 326 g/mol. The molecule has 5 rings (SSSR count). The molecule has 4 bridgehead atoms. The van der Waals surface area contributed by atoms with Crippen molar-refractivity contribution in [2.24, 2.45) is 28.3 Å². The summed E-state index contributed by atoms with van der Waals surface area (Å²) in [4.78, 5) is 29.9. The number of hydrogen-bond donors (Lipinski definition) is 0. The number of ketones is 1. The molecule has 0 amide bonds. The van der Waals surface area contributed by atoms with Crippen LogP contribution in [0.25, 0.3) is 0 Å². The molecule has 1 atom stereocenters. The summed E-state index contributed by atoms with van der Waals surface area (Å²) in [5.41, 5.74) is 1.72. The lowest BCUT2D eigenvalue weighted by Gasteiger charge is -2.56. The molecule has 0 N–H and O–H groups in total. The van der Waals surface area contributed by atoms with E-state index in [0.29, 0.717) is 5.56 Å². The Balaban J connectivity index is 1.50. The third-order valence-electron chi connectivity index (χ3n) is 6.85. The number of oxime groups is 1. The van der Waals surface area contributed by atoms with Gasteiger partial charge in [-0.3, -0.25) is 4.79 Å². The van der Waals surface area contributed by atoms with E-state index in [1.54, 1.807) is 12.1 Å². The Morgan fingerprint density at radius 3 is 2.04 bits per heavy atom. The lowest BCUT2D eigenvalue weighted by molar-refractivity contribution is -0.148. The van der Waals surface area contributed by atoms with Crippen LogP contribution in [-0.4, -0.2) is 17.5 Å². The van der Waals surface area contributed by atoms with Crippen LogP contribution >= 0.6 is 0 Å². The second-order valence-electron chi connectivity index (χ2n) is 8.74. The third-order valence-corrected chi connectivity index (χ3v) is 6.85. The Hall–Kier alpha value is -1.97. The van der Waals surface area contributed by atoms with Crippen molar-refractivity contribution in [1.29, 1.82) is 0 Å². The Bertz CT molecular complexity index is 702. The lowest BCUT2D eigenvalue weighted by Crippen LogP contribution is -2.49. The van der Waals surface area contributed by atoms with Crippen molar-refractivity contribution in [3.63, 3.8) is 0 Å². The van der Waals surface area contributed by atoms with E-state index in [2.05, 4.69) is 5.16 Å². The smallest absolute Gasteiger partial charge is 0.317 e. The number of benzene rings is 1. The molecule has 4 saturated carbocycles. The van der Waals surface area contributed by atoms with Crippen molar-refractivity contribution in [2.75, 3.05) is 0 Å². The Morgan fingerprint density at radius 2 is 1.54 bits per heavy atom. The second-order valence-corrected chi connectivity index (χ2v) is 8.74. The van der Waals surface area contributed by atoms with Gasteiger partial charge in [0.05, 0.1) is 5.71 Å². The maximum absolute atomic E-state index is 12.6. The van der Waals surface area contributed by atoms with Gasteiger partial charge in [0.25, 0.3) is 0 Å². The Kier molecular flexibility index (Phi) is 4.45. The molecule has 0 heterocycles. The minimum Gasteiger partial charge on any atom is -0.317 e. The summed E-state index contributed by atoms with van der Waals surface area (Å²) in [5.74, 6) is 0.755. The maximum atomic E-state index is 12.6. The molecule has 1 unspecified atom stereocenters. The Morgan fingerprint density at radius 1 is 1.00 bits per heavy atom. The number of nitrogens with zero attached hydrogens (tertiary/aromatic N) is 1. The molecule has 1 aromatic carbocycles. The number of hydrogen-bond acceptors (Lipinski definition) is 4. The van der Waals surface area contributed by atoms with Crippen LogP contribution in [0.1, 0.15) is 63.9 Å². The first kappa shape index (κ1) is 17.4. The average molecular weight is 353 g/mol. The van der Waals surface area contributed by atoms with E-state index in [9.17, 15) is 9.59 Å². The molecule has 4 nitrogen and oxygen atoms in total. The molecule has 0 saturated heterocycles. The van der Waals surface area contributed by atoms with Gasteiger partial charge in [-0.05, 0) is 75.7 Å². The van der Waals surface area contributed by atoms with Gasteiger partial charge in [-0.25, -0.2) is 4.79 Å². The summed E-state index contributed by atoms with van der Waals surface area (Å²) >= 11 is 0. The first-order valence-electron chi connectivity index (χ1n) is 9.78. The van der Waals surface area contributed by atoms with Gasteiger partial charge in [0, 0.05) is 5.41 Å². The van der Waals surface area contributed by atoms with Crippen LogP contribution in [0.5, 0.6) is 0 Å². The molecule has 0 aromatic heterocycles. The average Bonchev–Trinajstić information content (AvgIpc) is 2.59. The van der Waals surface area contributed by atoms with E-state index < -0.39 is 11.9 Å². The van der Waals surface area contributed by atoms with Gasteiger partial charge in [0.1, 0.15) is 11.7 Å².